The number of hydrogen-bond acceptors (Lipinski definition) is 4. The van der Waals surface area contributed by atoms with Gasteiger partial charge in [-0.2, -0.15) is 17.4 Å². The molecular weight excluding hydrogens is 260 g/mol. The molecule has 1 saturated heterocycles. The van der Waals surface area contributed by atoms with Crippen LogP contribution >= 0.6 is 0 Å². The summed E-state index contributed by atoms with van der Waals surface area (Å²) in [4.78, 5) is 11.1. The van der Waals surface area contributed by atoms with Crippen LogP contribution < -0.4 is 4.72 Å². The Morgan fingerprint density at radius 2 is 2.22 bits per heavy atom. The van der Waals surface area contributed by atoms with Crippen LogP contribution in [0.15, 0.2) is 0 Å². The predicted octanol–water partition coefficient (Wildman–Crippen LogP) is -0.205. The van der Waals surface area contributed by atoms with Crippen LogP contribution in [0.1, 0.15) is 26.2 Å². The molecule has 0 spiro atoms. The highest BCUT2D eigenvalue weighted by molar-refractivity contribution is 7.87. The van der Waals surface area contributed by atoms with E-state index < -0.39 is 28.3 Å². The monoisotopic (exact) mass is 280 g/mol. The molecule has 1 aliphatic heterocycles. The summed E-state index contributed by atoms with van der Waals surface area (Å²) >= 11 is 0. The molecule has 7 nitrogen and oxygen atoms in total. The zero-order valence-electron chi connectivity index (χ0n) is 10.6. The summed E-state index contributed by atoms with van der Waals surface area (Å²) in [5.74, 6) is -1.10. The van der Waals surface area contributed by atoms with Crippen LogP contribution in [0.2, 0.25) is 0 Å². The van der Waals surface area contributed by atoms with Gasteiger partial charge < -0.3 is 9.84 Å². The van der Waals surface area contributed by atoms with Gasteiger partial charge in [-0.15, -0.1) is 0 Å². The number of aliphatic carboxylic acids is 1. The van der Waals surface area contributed by atoms with Crippen molar-refractivity contribution in [1.29, 1.82) is 0 Å². The zero-order chi connectivity index (χ0) is 13.8. The molecule has 2 unspecified atom stereocenters. The minimum atomic E-state index is -3.78. The van der Waals surface area contributed by atoms with Gasteiger partial charge in [-0.3, -0.25) is 4.79 Å². The van der Waals surface area contributed by atoms with Crippen molar-refractivity contribution in [3.8, 4) is 0 Å². The van der Waals surface area contributed by atoms with Gasteiger partial charge in [0.1, 0.15) is 6.04 Å². The minimum Gasteiger partial charge on any atom is -0.480 e. The van der Waals surface area contributed by atoms with E-state index in [9.17, 15) is 13.2 Å². The maximum atomic E-state index is 12.1. The van der Waals surface area contributed by atoms with E-state index in [0.717, 1.165) is 10.7 Å². The number of carboxylic acid groups (broad SMARTS) is 1. The Labute approximate surface area is 107 Å². The summed E-state index contributed by atoms with van der Waals surface area (Å²) in [6, 6.07) is -1.36. The van der Waals surface area contributed by atoms with E-state index >= 15 is 0 Å². The molecule has 1 heterocycles. The molecule has 106 valence electrons. The fourth-order valence-electron chi connectivity index (χ4n) is 2.05. The first-order valence-corrected chi connectivity index (χ1v) is 7.33. The summed E-state index contributed by atoms with van der Waals surface area (Å²) in [5, 5.41) is 9.05. The molecule has 2 atom stereocenters. The van der Waals surface area contributed by atoms with Crippen molar-refractivity contribution in [3.63, 3.8) is 0 Å². The van der Waals surface area contributed by atoms with Gasteiger partial charge in [-0.25, -0.2) is 0 Å². The lowest BCUT2D eigenvalue weighted by molar-refractivity contribution is -0.142. The standard InChI is InChI=1S/C10H20N2O5S/c1-8(7-17-2)11-18(15,16)12-6-4-3-5-9(12)10(13)14/h8-9,11H,3-7H2,1-2H3,(H,13,14). The summed E-state index contributed by atoms with van der Waals surface area (Å²) in [7, 11) is -2.30. The van der Waals surface area contributed by atoms with Gasteiger partial charge >= 0.3 is 5.97 Å². The molecule has 18 heavy (non-hydrogen) atoms. The van der Waals surface area contributed by atoms with E-state index in [0.29, 0.717) is 12.8 Å². The third-order valence-electron chi connectivity index (χ3n) is 2.81. The zero-order valence-corrected chi connectivity index (χ0v) is 11.4. The Morgan fingerprint density at radius 3 is 2.78 bits per heavy atom. The van der Waals surface area contributed by atoms with E-state index in [4.69, 9.17) is 9.84 Å². The molecule has 1 rings (SSSR count). The van der Waals surface area contributed by atoms with Gasteiger partial charge in [-0.1, -0.05) is 0 Å². The number of nitrogens with zero attached hydrogens (tertiary/aromatic N) is 1. The number of methoxy groups -OCH3 is 1. The fourth-order valence-corrected chi connectivity index (χ4v) is 3.66. The molecule has 0 radical (unpaired) electrons. The third-order valence-corrected chi connectivity index (χ3v) is 4.57. The summed E-state index contributed by atoms with van der Waals surface area (Å²) < 4.78 is 32.5. The summed E-state index contributed by atoms with van der Waals surface area (Å²) in [6.07, 6.45) is 1.77. The van der Waals surface area contributed by atoms with Crippen LogP contribution in [0, 0.1) is 0 Å². The average Bonchev–Trinajstić information content (AvgIpc) is 2.28. The van der Waals surface area contributed by atoms with Crippen LogP contribution in [0.3, 0.4) is 0 Å². The smallest absolute Gasteiger partial charge is 0.322 e. The first kappa shape index (κ1) is 15.4. The maximum absolute atomic E-state index is 12.1. The maximum Gasteiger partial charge on any atom is 0.322 e. The van der Waals surface area contributed by atoms with E-state index in [1.54, 1.807) is 6.92 Å². The summed E-state index contributed by atoms with van der Waals surface area (Å²) in [6.45, 7) is 2.15. The highest BCUT2D eigenvalue weighted by Crippen LogP contribution is 2.20. The second-order valence-electron chi connectivity index (χ2n) is 4.44. The first-order chi connectivity index (χ1) is 8.38. The number of rotatable bonds is 6. The second-order valence-corrected chi connectivity index (χ2v) is 6.09. The highest BCUT2D eigenvalue weighted by Gasteiger charge is 2.37. The molecule has 8 heteroatoms. The second kappa shape index (κ2) is 6.46. The van der Waals surface area contributed by atoms with E-state index in [-0.39, 0.29) is 13.2 Å². The fraction of sp³-hybridized carbons (Fsp3) is 0.900. The lowest BCUT2D eigenvalue weighted by atomic mass is 10.1. The van der Waals surface area contributed by atoms with Gasteiger partial charge in [0.2, 0.25) is 0 Å². The topological polar surface area (TPSA) is 95.9 Å². The Kier molecular flexibility index (Phi) is 5.51. The minimum absolute atomic E-state index is 0.241. The summed E-state index contributed by atoms with van der Waals surface area (Å²) in [5.41, 5.74) is 0. The first-order valence-electron chi connectivity index (χ1n) is 5.89. The van der Waals surface area contributed by atoms with Gasteiger partial charge in [-0.05, 0) is 26.2 Å². The van der Waals surface area contributed by atoms with Crippen LogP contribution in [0.5, 0.6) is 0 Å². The number of carboxylic acids is 1. The average molecular weight is 280 g/mol. The van der Waals surface area contributed by atoms with E-state index in [1.807, 2.05) is 0 Å². The van der Waals surface area contributed by atoms with Crippen molar-refractivity contribution in [1.82, 2.24) is 9.03 Å². The normalized spacial score (nSPS) is 23.8. The lowest BCUT2D eigenvalue weighted by Crippen LogP contribution is -2.54. The number of hydrogen-bond donors (Lipinski definition) is 2. The van der Waals surface area contributed by atoms with Crippen LogP contribution in [-0.2, 0) is 19.7 Å². The van der Waals surface area contributed by atoms with Crippen LogP contribution in [0.4, 0.5) is 0 Å². The molecule has 0 bridgehead atoms. The molecule has 0 aromatic heterocycles. The van der Waals surface area contributed by atoms with Crippen molar-refractivity contribution >= 4 is 16.2 Å². The number of nitrogens with one attached hydrogen (secondary N) is 1. The molecule has 1 fully saturated rings. The predicted molar refractivity (Wildman–Crippen MR) is 65.4 cm³/mol. The molecule has 0 saturated carbocycles. The van der Waals surface area contributed by atoms with E-state index in [2.05, 4.69) is 4.72 Å². The highest BCUT2D eigenvalue weighted by atomic mass is 32.2. The number of piperidine rings is 1. The Morgan fingerprint density at radius 1 is 1.56 bits per heavy atom. The number of ether oxygens (including phenoxy) is 1. The molecular formula is C10H20N2O5S. The molecule has 0 aromatic rings. The SMILES string of the molecule is COCC(C)NS(=O)(=O)N1CCCCC1C(=O)O. The molecule has 0 aromatic carbocycles. The van der Waals surface area contributed by atoms with Gasteiger partial charge in [0, 0.05) is 19.7 Å². The number of carbonyl (C=O) groups is 1. The van der Waals surface area contributed by atoms with E-state index in [1.165, 1.54) is 7.11 Å². The molecule has 0 aliphatic carbocycles. The van der Waals surface area contributed by atoms with Crippen molar-refractivity contribution in [2.24, 2.45) is 0 Å². The van der Waals surface area contributed by atoms with Gasteiger partial charge in [0.15, 0.2) is 0 Å². The third kappa shape index (κ3) is 3.91. The Hall–Kier alpha value is -0.700. The molecule has 1 aliphatic rings. The quantitative estimate of drug-likeness (QED) is 0.702. The van der Waals surface area contributed by atoms with Gasteiger partial charge in [0.25, 0.3) is 10.2 Å². The van der Waals surface area contributed by atoms with Crippen LogP contribution in [0.25, 0.3) is 0 Å². The van der Waals surface area contributed by atoms with Crippen molar-refractivity contribution in [2.45, 2.75) is 38.3 Å². The van der Waals surface area contributed by atoms with Crippen molar-refractivity contribution < 1.29 is 23.1 Å². The largest absolute Gasteiger partial charge is 0.480 e. The molecule has 2 N–H and O–H groups in total. The van der Waals surface area contributed by atoms with Crippen LogP contribution in [-0.4, -0.2) is 56.1 Å². The van der Waals surface area contributed by atoms with Crippen molar-refractivity contribution in [3.05, 3.63) is 0 Å². The Bertz CT molecular complexity index is 384. The lowest BCUT2D eigenvalue weighted by Gasteiger charge is -2.32. The Balaban J connectivity index is 2.78. The van der Waals surface area contributed by atoms with Gasteiger partial charge in [0.05, 0.1) is 6.61 Å². The molecule has 0 amide bonds. The van der Waals surface area contributed by atoms with Crippen molar-refractivity contribution in [2.75, 3.05) is 20.3 Å².